The molecule has 0 aliphatic carbocycles. The summed E-state index contributed by atoms with van der Waals surface area (Å²) in [7, 11) is 1.36. The van der Waals surface area contributed by atoms with E-state index in [1.54, 1.807) is 27.7 Å². The Labute approximate surface area is 160 Å². The molecule has 144 valence electrons. The van der Waals surface area contributed by atoms with Crippen LogP contribution in [0.15, 0.2) is 54.1 Å². The molecule has 0 N–H and O–H groups in total. The highest BCUT2D eigenvalue weighted by Crippen LogP contribution is 2.17. The minimum Gasteiger partial charge on any atom is -0.442 e. The van der Waals surface area contributed by atoms with Crippen LogP contribution in [0.4, 0.5) is 4.79 Å². The number of allylic oxidation sites excluding steroid dienone is 1. The van der Waals surface area contributed by atoms with Gasteiger partial charge in [0, 0.05) is 5.57 Å². The zero-order chi connectivity index (χ0) is 20.0. The number of fused-ring (bicyclic) bond motifs is 1. The van der Waals surface area contributed by atoms with Gasteiger partial charge in [0.05, 0.1) is 7.05 Å². The summed E-state index contributed by atoms with van der Waals surface area (Å²) < 4.78 is 5.14. The molecule has 0 aliphatic heterocycles. The number of amides is 1. The maximum atomic E-state index is 12.1. The molecule has 27 heavy (non-hydrogen) atoms. The number of hydrogen-bond acceptors (Lipinski definition) is 4. The van der Waals surface area contributed by atoms with Gasteiger partial charge in [-0.1, -0.05) is 48.5 Å². The molecular weight excluding hydrogens is 342 g/mol. The molecule has 0 saturated carbocycles. The Morgan fingerprint density at radius 3 is 2.41 bits per heavy atom. The summed E-state index contributed by atoms with van der Waals surface area (Å²) >= 11 is 0. The number of rotatable bonds is 4. The number of aryl methyl sites for hydroxylation is 1. The second-order valence-electron chi connectivity index (χ2n) is 7.46. The monoisotopic (exact) mass is 369 g/mol. The van der Waals surface area contributed by atoms with Crippen molar-refractivity contribution in [3.05, 3.63) is 59.7 Å². The van der Waals surface area contributed by atoms with Crippen molar-refractivity contribution < 1.29 is 19.2 Å². The molecule has 0 spiro atoms. The lowest BCUT2D eigenvalue weighted by Gasteiger charge is -2.23. The van der Waals surface area contributed by atoms with Gasteiger partial charge < -0.3 is 9.57 Å². The molecule has 5 nitrogen and oxygen atoms in total. The second-order valence-corrected chi connectivity index (χ2v) is 7.46. The molecular formula is C22H27NO4. The van der Waals surface area contributed by atoms with Gasteiger partial charge in [-0.05, 0) is 56.9 Å². The summed E-state index contributed by atoms with van der Waals surface area (Å²) in [5.41, 5.74) is 1.01. The van der Waals surface area contributed by atoms with Gasteiger partial charge in [-0.15, -0.1) is 5.06 Å². The fraction of sp³-hybridized carbons (Fsp3) is 0.364. The standard InChI is InChI=1S/C22H27NO4/c1-16(20(24)27-23(5)21(25)26-22(2,3)4)9-8-10-17-13-14-18-11-6-7-12-19(18)15-17/h6-7,9,11-15H,8,10H2,1-5H3. The molecule has 1 amide bonds. The average Bonchev–Trinajstić information content (AvgIpc) is 2.60. The van der Waals surface area contributed by atoms with Gasteiger partial charge in [-0.25, -0.2) is 9.59 Å². The zero-order valence-corrected chi connectivity index (χ0v) is 16.6. The fourth-order valence-corrected chi connectivity index (χ4v) is 2.49. The number of carbonyl (C=O) groups excluding carboxylic acids is 2. The number of nitrogens with zero attached hydrogens (tertiary/aromatic N) is 1. The number of ether oxygens (including phenoxy) is 1. The van der Waals surface area contributed by atoms with E-state index in [1.807, 2.05) is 18.2 Å². The van der Waals surface area contributed by atoms with E-state index in [-0.39, 0.29) is 0 Å². The Balaban J connectivity index is 1.88. The summed E-state index contributed by atoms with van der Waals surface area (Å²) in [4.78, 5) is 29.0. The van der Waals surface area contributed by atoms with Crippen molar-refractivity contribution in [1.82, 2.24) is 5.06 Å². The van der Waals surface area contributed by atoms with Crippen molar-refractivity contribution in [2.45, 2.75) is 46.1 Å². The zero-order valence-electron chi connectivity index (χ0n) is 16.6. The van der Waals surface area contributed by atoms with Gasteiger partial charge >= 0.3 is 12.1 Å². The predicted octanol–water partition coefficient (Wildman–Crippen LogP) is 5.04. The largest absolute Gasteiger partial charge is 0.443 e. The minimum atomic E-state index is -0.709. The molecule has 2 aromatic rings. The van der Waals surface area contributed by atoms with Crippen LogP contribution in [0.3, 0.4) is 0 Å². The van der Waals surface area contributed by atoms with Crippen molar-refractivity contribution in [3.63, 3.8) is 0 Å². The normalized spacial score (nSPS) is 12.0. The third kappa shape index (κ3) is 6.44. The fourth-order valence-electron chi connectivity index (χ4n) is 2.49. The van der Waals surface area contributed by atoms with E-state index in [2.05, 4.69) is 30.3 Å². The summed E-state index contributed by atoms with van der Waals surface area (Å²) in [5, 5.41) is 3.23. The van der Waals surface area contributed by atoms with E-state index < -0.39 is 17.7 Å². The highest BCUT2D eigenvalue weighted by atomic mass is 16.8. The van der Waals surface area contributed by atoms with Crippen LogP contribution >= 0.6 is 0 Å². The number of benzene rings is 2. The van der Waals surface area contributed by atoms with E-state index >= 15 is 0 Å². The second kappa shape index (κ2) is 8.71. The Hall–Kier alpha value is -2.82. The Morgan fingerprint density at radius 1 is 1.07 bits per heavy atom. The van der Waals surface area contributed by atoms with E-state index in [0.717, 1.165) is 11.5 Å². The number of hydroxylamine groups is 2. The van der Waals surface area contributed by atoms with Crippen LogP contribution in [0.5, 0.6) is 0 Å². The lowest BCUT2D eigenvalue weighted by atomic mass is 10.0. The van der Waals surface area contributed by atoms with Crippen LogP contribution in [0.25, 0.3) is 10.8 Å². The molecule has 2 aromatic carbocycles. The third-order valence-electron chi connectivity index (χ3n) is 3.89. The Kier molecular flexibility index (Phi) is 6.61. The first kappa shape index (κ1) is 20.5. The third-order valence-corrected chi connectivity index (χ3v) is 3.89. The molecule has 5 heteroatoms. The van der Waals surface area contributed by atoms with E-state index in [9.17, 15) is 9.59 Å². The maximum Gasteiger partial charge on any atom is 0.443 e. The van der Waals surface area contributed by atoms with Crippen molar-refractivity contribution in [1.29, 1.82) is 0 Å². The molecule has 0 atom stereocenters. The first-order chi connectivity index (χ1) is 12.7. The average molecular weight is 369 g/mol. The molecule has 0 aliphatic rings. The smallest absolute Gasteiger partial charge is 0.442 e. The summed E-state index contributed by atoms with van der Waals surface area (Å²) in [5.74, 6) is -0.568. The van der Waals surface area contributed by atoms with E-state index in [0.29, 0.717) is 12.0 Å². The quantitative estimate of drug-likeness (QED) is 0.559. The van der Waals surface area contributed by atoms with Crippen molar-refractivity contribution >= 4 is 22.8 Å². The molecule has 0 unspecified atom stereocenters. The number of carbonyl (C=O) groups is 2. The van der Waals surface area contributed by atoms with Gasteiger partial charge in [-0.3, -0.25) is 0 Å². The minimum absolute atomic E-state index is 0.450. The van der Waals surface area contributed by atoms with Crippen LogP contribution in [-0.4, -0.2) is 29.8 Å². The van der Waals surface area contributed by atoms with E-state index in [1.165, 1.54) is 23.4 Å². The topological polar surface area (TPSA) is 55.8 Å². The molecule has 0 radical (unpaired) electrons. The highest BCUT2D eigenvalue weighted by Gasteiger charge is 2.22. The van der Waals surface area contributed by atoms with Crippen LogP contribution in [0, 0.1) is 0 Å². The van der Waals surface area contributed by atoms with Crippen molar-refractivity contribution in [2.75, 3.05) is 7.05 Å². The molecule has 0 fully saturated rings. The van der Waals surface area contributed by atoms with Crippen LogP contribution < -0.4 is 0 Å². The Morgan fingerprint density at radius 2 is 1.74 bits per heavy atom. The van der Waals surface area contributed by atoms with Crippen LogP contribution in [0.1, 0.15) is 39.7 Å². The van der Waals surface area contributed by atoms with Gasteiger partial charge in [-0.2, -0.15) is 0 Å². The lowest BCUT2D eigenvalue weighted by Crippen LogP contribution is -2.35. The van der Waals surface area contributed by atoms with Gasteiger partial charge in [0.25, 0.3) is 0 Å². The van der Waals surface area contributed by atoms with Crippen molar-refractivity contribution in [3.8, 4) is 0 Å². The molecule has 2 rings (SSSR count). The van der Waals surface area contributed by atoms with Gasteiger partial charge in [0.1, 0.15) is 5.60 Å². The first-order valence-electron chi connectivity index (χ1n) is 8.99. The summed E-state index contributed by atoms with van der Waals surface area (Å²) in [6, 6.07) is 14.6. The predicted molar refractivity (Wildman–Crippen MR) is 106 cm³/mol. The van der Waals surface area contributed by atoms with Crippen molar-refractivity contribution in [2.24, 2.45) is 0 Å². The number of hydrogen-bond donors (Lipinski definition) is 0. The molecule has 0 bridgehead atoms. The highest BCUT2D eigenvalue weighted by molar-refractivity contribution is 5.88. The SMILES string of the molecule is CC(=CCCc1ccc2ccccc2c1)C(=O)ON(C)C(=O)OC(C)(C)C. The lowest BCUT2D eigenvalue weighted by molar-refractivity contribution is -0.174. The molecule has 0 heterocycles. The van der Waals surface area contributed by atoms with Gasteiger partial charge in [0.2, 0.25) is 0 Å². The summed E-state index contributed by atoms with van der Waals surface area (Å²) in [6.07, 6.45) is 2.63. The first-order valence-corrected chi connectivity index (χ1v) is 8.99. The molecule has 0 aromatic heterocycles. The van der Waals surface area contributed by atoms with E-state index in [4.69, 9.17) is 9.57 Å². The van der Waals surface area contributed by atoms with Crippen LogP contribution in [0.2, 0.25) is 0 Å². The summed E-state index contributed by atoms with van der Waals surface area (Å²) in [6.45, 7) is 6.92. The molecule has 0 saturated heterocycles. The van der Waals surface area contributed by atoms with Crippen LogP contribution in [-0.2, 0) is 20.8 Å². The maximum absolute atomic E-state index is 12.1. The Bertz CT molecular complexity index is 849. The van der Waals surface area contributed by atoms with Gasteiger partial charge in [0.15, 0.2) is 0 Å².